The number of hydrogen-bond donors (Lipinski definition) is 0. The maximum atomic E-state index is 12.2. The van der Waals surface area contributed by atoms with Crippen LogP contribution < -0.4 is 9.47 Å². The van der Waals surface area contributed by atoms with Crippen LogP contribution in [0.4, 0.5) is 0 Å². The third-order valence-corrected chi connectivity index (χ3v) is 4.34. The molecule has 2 aromatic rings. The summed E-state index contributed by atoms with van der Waals surface area (Å²) in [5, 5.41) is 0. The van der Waals surface area contributed by atoms with Crippen molar-refractivity contribution in [2.75, 3.05) is 14.2 Å². The van der Waals surface area contributed by atoms with E-state index in [0.717, 1.165) is 21.2 Å². The molecule has 0 saturated carbocycles. The first kappa shape index (κ1) is 17.2. The molecule has 0 bridgehead atoms. The van der Waals surface area contributed by atoms with Crippen molar-refractivity contribution in [1.29, 1.82) is 0 Å². The van der Waals surface area contributed by atoms with Crippen LogP contribution in [0, 0.1) is 6.92 Å². The average molecular weight is 402 g/mol. The molecule has 0 unspecified atom stereocenters. The molecular weight excluding hydrogens is 386 g/mol. The topological polar surface area (TPSA) is 57.1 Å². The summed E-state index contributed by atoms with van der Waals surface area (Å²) < 4.78 is 16.6. The Kier molecular flexibility index (Phi) is 4.90. The monoisotopic (exact) mass is 401 g/mol. The third kappa shape index (κ3) is 3.44. The second-order valence-corrected chi connectivity index (χ2v) is 6.24. The number of rotatable bonds is 4. The Morgan fingerprint density at radius 3 is 2.60 bits per heavy atom. The van der Waals surface area contributed by atoms with Crippen molar-refractivity contribution in [1.82, 2.24) is 0 Å². The van der Waals surface area contributed by atoms with E-state index in [1.54, 1.807) is 26.4 Å². The number of ether oxygens (including phenoxy) is 3. The standard InChI is InChI=1S/C19H16BrNO4/c1-11-6-4-5-7-13(11)18-21-15(19(22)25-18)9-12-8-14(20)17(24-3)16(10-12)23-2/h4-10H,1-3H3/b15-9-. The lowest BCUT2D eigenvalue weighted by atomic mass is 10.1. The van der Waals surface area contributed by atoms with Crippen LogP contribution in [0.2, 0.25) is 0 Å². The van der Waals surface area contributed by atoms with Crippen LogP contribution in [0.15, 0.2) is 51.6 Å². The molecule has 0 fully saturated rings. The molecule has 1 aliphatic heterocycles. The number of carbonyl (C=O) groups is 1. The van der Waals surface area contributed by atoms with E-state index in [2.05, 4.69) is 20.9 Å². The highest BCUT2D eigenvalue weighted by molar-refractivity contribution is 9.10. The molecule has 0 N–H and O–H groups in total. The van der Waals surface area contributed by atoms with Gasteiger partial charge in [-0.3, -0.25) is 0 Å². The second-order valence-electron chi connectivity index (χ2n) is 5.39. The number of hydrogen-bond acceptors (Lipinski definition) is 5. The summed E-state index contributed by atoms with van der Waals surface area (Å²) in [7, 11) is 3.12. The van der Waals surface area contributed by atoms with Gasteiger partial charge in [0.1, 0.15) is 0 Å². The van der Waals surface area contributed by atoms with E-state index in [0.29, 0.717) is 17.4 Å². The minimum absolute atomic E-state index is 0.234. The zero-order valence-electron chi connectivity index (χ0n) is 14.0. The summed E-state index contributed by atoms with van der Waals surface area (Å²) >= 11 is 3.44. The number of methoxy groups -OCH3 is 2. The highest BCUT2D eigenvalue weighted by Gasteiger charge is 2.25. The molecule has 0 atom stereocenters. The number of cyclic esters (lactones) is 1. The highest BCUT2D eigenvalue weighted by Crippen LogP contribution is 2.37. The molecule has 128 valence electrons. The third-order valence-electron chi connectivity index (χ3n) is 3.76. The summed E-state index contributed by atoms with van der Waals surface area (Å²) in [6, 6.07) is 11.2. The minimum atomic E-state index is -0.482. The van der Waals surface area contributed by atoms with Gasteiger partial charge in [0.05, 0.1) is 18.7 Å². The van der Waals surface area contributed by atoms with E-state index in [4.69, 9.17) is 14.2 Å². The van der Waals surface area contributed by atoms with Gasteiger partial charge in [0, 0.05) is 5.56 Å². The first-order valence-corrected chi connectivity index (χ1v) is 8.33. The maximum Gasteiger partial charge on any atom is 0.363 e. The Morgan fingerprint density at radius 2 is 1.92 bits per heavy atom. The molecular formula is C19H16BrNO4. The Hall–Kier alpha value is -2.60. The fraction of sp³-hybridized carbons (Fsp3) is 0.158. The smallest absolute Gasteiger partial charge is 0.363 e. The number of carbonyl (C=O) groups excluding carboxylic acids is 1. The Balaban J connectivity index is 2.00. The van der Waals surface area contributed by atoms with Gasteiger partial charge in [-0.05, 0) is 58.3 Å². The van der Waals surface area contributed by atoms with Crippen LogP contribution in [-0.2, 0) is 9.53 Å². The number of aliphatic imine (C=N–C) groups is 1. The molecule has 0 spiro atoms. The molecule has 6 heteroatoms. The summed E-state index contributed by atoms with van der Waals surface area (Å²) in [6.07, 6.45) is 1.65. The van der Waals surface area contributed by atoms with Crippen LogP contribution in [0.1, 0.15) is 16.7 Å². The SMILES string of the molecule is COc1cc(/C=C2\N=C(c3ccccc3C)OC2=O)cc(Br)c1OC. The van der Waals surface area contributed by atoms with Crippen molar-refractivity contribution < 1.29 is 19.0 Å². The van der Waals surface area contributed by atoms with Gasteiger partial charge < -0.3 is 14.2 Å². The predicted octanol–water partition coefficient (Wildman–Crippen LogP) is 4.12. The van der Waals surface area contributed by atoms with Crippen LogP contribution in [0.3, 0.4) is 0 Å². The van der Waals surface area contributed by atoms with Crippen LogP contribution in [-0.4, -0.2) is 26.1 Å². The van der Waals surface area contributed by atoms with E-state index in [1.165, 1.54) is 0 Å². The molecule has 0 aliphatic carbocycles. The lowest BCUT2D eigenvalue weighted by Crippen LogP contribution is -2.06. The Labute approximate surface area is 154 Å². The summed E-state index contributed by atoms with van der Waals surface area (Å²) in [5.41, 5.74) is 2.76. The summed E-state index contributed by atoms with van der Waals surface area (Å²) in [4.78, 5) is 16.5. The van der Waals surface area contributed by atoms with E-state index in [-0.39, 0.29) is 5.70 Å². The van der Waals surface area contributed by atoms with Crippen LogP contribution in [0.5, 0.6) is 11.5 Å². The fourth-order valence-corrected chi connectivity index (χ4v) is 3.14. The zero-order chi connectivity index (χ0) is 18.0. The number of halogens is 1. The fourth-order valence-electron chi connectivity index (χ4n) is 2.52. The van der Waals surface area contributed by atoms with E-state index >= 15 is 0 Å². The highest BCUT2D eigenvalue weighted by atomic mass is 79.9. The van der Waals surface area contributed by atoms with Gasteiger partial charge in [0.15, 0.2) is 17.2 Å². The molecule has 25 heavy (non-hydrogen) atoms. The van der Waals surface area contributed by atoms with Gasteiger partial charge in [-0.25, -0.2) is 9.79 Å². The second kappa shape index (κ2) is 7.11. The lowest BCUT2D eigenvalue weighted by Gasteiger charge is -2.10. The quantitative estimate of drug-likeness (QED) is 0.571. The van der Waals surface area contributed by atoms with Gasteiger partial charge in [0.2, 0.25) is 5.90 Å². The molecule has 3 rings (SSSR count). The average Bonchev–Trinajstić information content (AvgIpc) is 2.95. The van der Waals surface area contributed by atoms with Crippen molar-refractivity contribution >= 4 is 33.9 Å². The Bertz CT molecular complexity index is 902. The molecule has 1 heterocycles. The number of esters is 1. The van der Waals surface area contributed by atoms with Gasteiger partial charge in [-0.1, -0.05) is 18.2 Å². The molecule has 1 aliphatic rings. The van der Waals surface area contributed by atoms with Gasteiger partial charge in [-0.15, -0.1) is 0 Å². The van der Waals surface area contributed by atoms with Crippen LogP contribution in [0.25, 0.3) is 6.08 Å². The van der Waals surface area contributed by atoms with E-state index in [9.17, 15) is 4.79 Å². The first-order chi connectivity index (χ1) is 12.0. The van der Waals surface area contributed by atoms with Crippen molar-refractivity contribution in [3.05, 3.63) is 63.3 Å². The van der Waals surface area contributed by atoms with E-state index < -0.39 is 5.97 Å². The number of aryl methyl sites for hydroxylation is 1. The maximum absolute atomic E-state index is 12.2. The molecule has 5 nitrogen and oxygen atoms in total. The molecule has 0 saturated heterocycles. The van der Waals surface area contributed by atoms with Gasteiger partial charge in [0.25, 0.3) is 0 Å². The predicted molar refractivity (Wildman–Crippen MR) is 99.0 cm³/mol. The molecule has 0 aromatic heterocycles. The molecule has 0 radical (unpaired) electrons. The first-order valence-electron chi connectivity index (χ1n) is 7.53. The van der Waals surface area contributed by atoms with E-state index in [1.807, 2.05) is 37.3 Å². The normalized spacial score (nSPS) is 15.1. The van der Waals surface area contributed by atoms with Crippen molar-refractivity contribution in [2.24, 2.45) is 4.99 Å². The molecule has 2 aromatic carbocycles. The van der Waals surface area contributed by atoms with Crippen molar-refractivity contribution in [3.8, 4) is 11.5 Å². The largest absolute Gasteiger partial charge is 0.493 e. The lowest BCUT2D eigenvalue weighted by molar-refractivity contribution is -0.129. The molecule has 0 amide bonds. The summed E-state index contributed by atoms with van der Waals surface area (Å²) in [5.74, 6) is 0.971. The Morgan fingerprint density at radius 1 is 1.16 bits per heavy atom. The number of benzene rings is 2. The van der Waals surface area contributed by atoms with Crippen molar-refractivity contribution in [3.63, 3.8) is 0 Å². The summed E-state index contributed by atoms with van der Waals surface area (Å²) in [6.45, 7) is 1.94. The minimum Gasteiger partial charge on any atom is -0.493 e. The van der Waals surface area contributed by atoms with Crippen LogP contribution >= 0.6 is 15.9 Å². The van der Waals surface area contributed by atoms with Gasteiger partial charge >= 0.3 is 5.97 Å². The zero-order valence-corrected chi connectivity index (χ0v) is 15.6. The van der Waals surface area contributed by atoms with Gasteiger partial charge in [-0.2, -0.15) is 0 Å². The van der Waals surface area contributed by atoms with Crippen molar-refractivity contribution in [2.45, 2.75) is 6.92 Å². The number of nitrogens with zero attached hydrogens (tertiary/aromatic N) is 1.